The van der Waals surface area contributed by atoms with E-state index in [0.29, 0.717) is 12.1 Å². The van der Waals surface area contributed by atoms with Gasteiger partial charge in [0, 0.05) is 13.5 Å². The van der Waals surface area contributed by atoms with Gasteiger partial charge < -0.3 is 0 Å². The van der Waals surface area contributed by atoms with E-state index in [0.717, 1.165) is 23.2 Å². The fourth-order valence-corrected chi connectivity index (χ4v) is 2.21. The molecule has 0 bridgehead atoms. The summed E-state index contributed by atoms with van der Waals surface area (Å²) in [7, 11) is 1.83. The van der Waals surface area contributed by atoms with Crippen molar-refractivity contribution >= 4 is 5.78 Å². The molecule has 2 rings (SSSR count). The summed E-state index contributed by atoms with van der Waals surface area (Å²) in [5, 5.41) is 4.33. The highest BCUT2D eigenvalue weighted by Gasteiger charge is 2.14. The van der Waals surface area contributed by atoms with Crippen molar-refractivity contribution in [3.8, 4) is 0 Å². The molecule has 1 aromatic heterocycles. The summed E-state index contributed by atoms with van der Waals surface area (Å²) in [4.78, 5) is 12.4. The molecule has 2 aromatic rings. The number of hydrogen-bond donors (Lipinski definition) is 0. The Morgan fingerprint density at radius 1 is 1.26 bits per heavy atom. The van der Waals surface area contributed by atoms with Gasteiger partial charge in [0.25, 0.3) is 0 Å². The van der Waals surface area contributed by atoms with E-state index in [2.05, 4.69) is 23.3 Å². The van der Waals surface area contributed by atoms with Crippen LogP contribution in [0.3, 0.4) is 0 Å². The van der Waals surface area contributed by atoms with Crippen molar-refractivity contribution in [1.82, 2.24) is 9.78 Å². The van der Waals surface area contributed by atoms with E-state index in [-0.39, 0.29) is 5.78 Å². The van der Waals surface area contributed by atoms with Crippen molar-refractivity contribution in [2.24, 2.45) is 7.05 Å². The second-order valence-corrected chi connectivity index (χ2v) is 5.03. The molecular weight excluding hydrogens is 236 g/mol. The second kappa shape index (κ2) is 5.39. The van der Waals surface area contributed by atoms with E-state index in [1.807, 2.05) is 33.9 Å². The topological polar surface area (TPSA) is 34.9 Å². The first kappa shape index (κ1) is 13.5. The first-order valence-corrected chi connectivity index (χ1v) is 6.63. The Bertz CT molecular complexity index is 611. The molecule has 0 saturated carbocycles. The van der Waals surface area contributed by atoms with Gasteiger partial charge in [0.1, 0.15) is 5.69 Å². The molecule has 3 nitrogen and oxygen atoms in total. The van der Waals surface area contributed by atoms with E-state index in [1.165, 1.54) is 5.56 Å². The SMILES string of the molecule is CCc1cc(C(=O)Cc2cc(C)ccc2C)n(C)n1. The number of carbonyl (C=O) groups excluding carboxylic acids is 1. The second-order valence-electron chi connectivity index (χ2n) is 5.03. The van der Waals surface area contributed by atoms with Gasteiger partial charge in [0.2, 0.25) is 0 Å². The monoisotopic (exact) mass is 256 g/mol. The lowest BCUT2D eigenvalue weighted by atomic mass is 9.99. The molecule has 0 fully saturated rings. The van der Waals surface area contributed by atoms with Crippen molar-refractivity contribution in [3.05, 3.63) is 52.3 Å². The highest BCUT2D eigenvalue weighted by molar-refractivity contribution is 5.96. The summed E-state index contributed by atoms with van der Waals surface area (Å²) in [5.41, 5.74) is 5.11. The van der Waals surface area contributed by atoms with Gasteiger partial charge in [-0.2, -0.15) is 5.10 Å². The minimum Gasteiger partial charge on any atom is -0.292 e. The average molecular weight is 256 g/mol. The third kappa shape index (κ3) is 2.92. The van der Waals surface area contributed by atoms with Crippen molar-refractivity contribution in [2.45, 2.75) is 33.6 Å². The molecule has 19 heavy (non-hydrogen) atoms. The summed E-state index contributed by atoms with van der Waals surface area (Å²) in [6.45, 7) is 6.14. The third-order valence-electron chi connectivity index (χ3n) is 3.43. The van der Waals surface area contributed by atoms with Crippen LogP contribution in [0, 0.1) is 13.8 Å². The highest BCUT2D eigenvalue weighted by Crippen LogP contribution is 2.14. The van der Waals surface area contributed by atoms with E-state index < -0.39 is 0 Å². The fourth-order valence-electron chi connectivity index (χ4n) is 2.21. The molecule has 100 valence electrons. The number of hydrogen-bond acceptors (Lipinski definition) is 2. The zero-order chi connectivity index (χ0) is 14.0. The number of aromatic nitrogens is 2. The van der Waals surface area contributed by atoms with Crippen LogP contribution in [0.1, 0.15) is 39.8 Å². The molecule has 0 aliphatic carbocycles. The van der Waals surface area contributed by atoms with Gasteiger partial charge in [0.05, 0.1) is 5.69 Å². The molecule has 0 amide bonds. The zero-order valence-corrected chi connectivity index (χ0v) is 12.0. The minimum atomic E-state index is 0.128. The van der Waals surface area contributed by atoms with Crippen molar-refractivity contribution < 1.29 is 4.79 Å². The van der Waals surface area contributed by atoms with Crippen LogP contribution in [-0.4, -0.2) is 15.6 Å². The normalized spacial score (nSPS) is 10.7. The Balaban J connectivity index is 2.25. The number of aryl methyl sites for hydroxylation is 4. The maximum atomic E-state index is 12.4. The smallest absolute Gasteiger partial charge is 0.185 e. The van der Waals surface area contributed by atoms with Gasteiger partial charge in [-0.3, -0.25) is 9.48 Å². The summed E-state index contributed by atoms with van der Waals surface area (Å²) < 4.78 is 1.69. The lowest BCUT2D eigenvalue weighted by Crippen LogP contribution is -2.10. The maximum absolute atomic E-state index is 12.4. The number of nitrogens with zero attached hydrogens (tertiary/aromatic N) is 2. The number of Topliss-reactive ketones (excluding diaryl/α,β-unsaturated/α-hetero) is 1. The predicted octanol–water partition coefficient (Wildman–Crippen LogP) is 3.02. The van der Waals surface area contributed by atoms with Crippen LogP contribution in [-0.2, 0) is 19.9 Å². The predicted molar refractivity (Wildman–Crippen MR) is 76.5 cm³/mol. The third-order valence-corrected chi connectivity index (χ3v) is 3.43. The van der Waals surface area contributed by atoms with Gasteiger partial charge in [-0.25, -0.2) is 0 Å². The molecule has 0 atom stereocenters. The lowest BCUT2D eigenvalue weighted by molar-refractivity contribution is 0.0984. The molecular formula is C16H20N2O. The molecule has 0 saturated heterocycles. The Morgan fingerprint density at radius 3 is 2.63 bits per heavy atom. The summed E-state index contributed by atoms with van der Waals surface area (Å²) in [6.07, 6.45) is 1.29. The molecule has 0 N–H and O–H groups in total. The van der Waals surface area contributed by atoms with Gasteiger partial charge in [0.15, 0.2) is 5.78 Å². The zero-order valence-electron chi connectivity index (χ0n) is 12.0. The number of rotatable bonds is 4. The molecule has 0 radical (unpaired) electrons. The van der Waals surface area contributed by atoms with Gasteiger partial charge in [-0.15, -0.1) is 0 Å². The maximum Gasteiger partial charge on any atom is 0.185 e. The lowest BCUT2D eigenvalue weighted by Gasteiger charge is -2.06. The van der Waals surface area contributed by atoms with Crippen LogP contribution in [0.15, 0.2) is 24.3 Å². The van der Waals surface area contributed by atoms with E-state index >= 15 is 0 Å². The molecule has 0 unspecified atom stereocenters. The minimum absolute atomic E-state index is 0.128. The average Bonchev–Trinajstić information content (AvgIpc) is 2.75. The molecule has 0 aliphatic rings. The Morgan fingerprint density at radius 2 is 2.00 bits per heavy atom. The number of carbonyl (C=O) groups is 1. The van der Waals surface area contributed by atoms with Crippen LogP contribution < -0.4 is 0 Å². The first-order valence-electron chi connectivity index (χ1n) is 6.63. The highest BCUT2D eigenvalue weighted by atomic mass is 16.1. The summed E-state index contributed by atoms with van der Waals surface area (Å²) in [5.74, 6) is 0.128. The largest absolute Gasteiger partial charge is 0.292 e. The van der Waals surface area contributed by atoms with Crippen LogP contribution in [0.4, 0.5) is 0 Å². The molecule has 3 heteroatoms. The molecule has 0 aliphatic heterocycles. The van der Waals surface area contributed by atoms with Crippen molar-refractivity contribution in [3.63, 3.8) is 0 Å². The van der Waals surface area contributed by atoms with Gasteiger partial charge in [-0.05, 0) is 37.5 Å². The fraction of sp³-hybridized carbons (Fsp3) is 0.375. The first-order chi connectivity index (χ1) is 9.01. The van der Waals surface area contributed by atoms with E-state index in [1.54, 1.807) is 4.68 Å². The van der Waals surface area contributed by atoms with E-state index in [9.17, 15) is 4.79 Å². The Kier molecular flexibility index (Phi) is 3.84. The number of benzene rings is 1. The van der Waals surface area contributed by atoms with Crippen LogP contribution in [0.25, 0.3) is 0 Å². The van der Waals surface area contributed by atoms with E-state index in [4.69, 9.17) is 0 Å². The molecule has 1 heterocycles. The van der Waals surface area contributed by atoms with Crippen LogP contribution in [0.2, 0.25) is 0 Å². The van der Waals surface area contributed by atoms with Gasteiger partial charge >= 0.3 is 0 Å². The molecule has 0 spiro atoms. The van der Waals surface area contributed by atoms with Crippen molar-refractivity contribution in [2.75, 3.05) is 0 Å². The standard InChI is InChI=1S/C16H20N2O/c1-5-14-10-15(18(4)17-14)16(19)9-13-8-11(2)6-7-12(13)3/h6-8,10H,5,9H2,1-4H3. The quantitative estimate of drug-likeness (QED) is 0.788. The summed E-state index contributed by atoms with van der Waals surface area (Å²) in [6, 6.07) is 8.12. The van der Waals surface area contributed by atoms with Crippen LogP contribution >= 0.6 is 0 Å². The van der Waals surface area contributed by atoms with Gasteiger partial charge in [-0.1, -0.05) is 30.7 Å². The number of ketones is 1. The molecule has 1 aromatic carbocycles. The summed E-state index contributed by atoms with van der Waals surface area (Å²) >= 11 is 0. The van der Waals surface area contributed by atoms with Crippen molar-refractivity contribution in [1.29, 1.82) is 0 Å². The van der Waals surface area contributed by atoms with Crippen LogP contribution in [0.5, 0.6) is 0 Å². The Hall–Kier alpha value is -1.90. The Labute approximate surface area is 114 Å².